The molecule has 28 heteroatoms. The highest BCUT2D eigenvalue weighted by molar-refractivity contribution is 6.25. The first-order valence-electron chi connectivity index (χ1n) is 25.0. The Labute approximate surface area is 457 Å². The van der Waals surface area contributed by atoms with Crippen LogP contribution in [-0.2, 0) is 61.5 Å². The molecular weight excluding hydrogens is 1110 g/mol. The maximum Gasteiger partial charge on any atom is 0.417 e. The number of amides is 6. The first-order chi connectivity index (χ1) is 37.6. The maximum atomic E-state index is 13.3. The maximum absolute atomic E-state index is 13.3. The Kier molecular flexibility index (Phi) is 12.4. The highest BCUT2D eigenvalue weighted by Crippen LogP contribution is 2.65. The van der Waals surface area contributed by atoms with Gasteiger partial charge in [0.05, 0.1) is 122 Å². The summed E-state index contributed by atoms with van der Waals surface area (Å²) in [5.74, 6) is -12.7. The molecule has 9 aliphatic heterocycles. The average Bonchev–Trinajstić information content (AvgIpc) is 1.80. The van der Waals surface area contributed by atoms with Gasteiger partial charge < -0.3 is 34.6 Å². The van der Waals surface area contributed by atoms with Gasteiger partial charge in [-0.15, -0.1) is 0 Å². The zero-order valence-corrected chi connectivity index (χ0v) is 43.5. The molecule has 0 saturated carbocycles. The van der Waals surface area contributed by atoms with E-state index in [0.717, 1.165) is 46.2 Å². The van der Waals surface area contributed by atoms with Gasteiger partial charge in [-0.1, -0.05) is 6.07 Å². The zero-order valence-electron chi connectivity index (χ0n) is 43.5. The highest BCUT2D eigenvalue weighted by Gasteiger charge is 2.81. The Morgan fingerprint density at radius 2 is 0.854 bits per heavy atom. The van der Waals surface area contributed by atoms with Crippen molar-refractivity contribution in [2.75, 3.05) is 14.7 Å². The normalized spacial score (nSPS) is 37.1. The number of fused-ring (bicyclic) bond motifs is 15. The van der Waals surface area contributed by atoms with Crippen molar-refractivity contribution in [2.45, 2.75) is 131 Å². The van der Waals surface area contributed by atoms with E-state index in [-0.39, 0.29) is 36.3 Å². The van der Waals surface area contributed by atoms with Crippen molar-refractivity contribution in [3.05, 3.63) is 93.8 Å². The number of aliphatic hydroxyl groups excluding tert-OH is 2. The molecule has 6 unspecified atom stereocenters. The van der Waals surface area contributed by atoms with Crippen LogP contribution < -0.4 is 14.7 Å². The number of nitriles is 2. The lowest BCUT2D eigenvalue weighted by Gasteiger charge is -2.38. The molecule has 4 N–H and O–H groups in total. The third-order valence-corrected chi connectivity index (χ3v) is 18.0. The fourth-order valence-corrected chi connectivity index (χ4v) is 14.4. The number of carbonyl (C=O) groups is 6. The SMILES string of the molecule is CC12CC(O)(O)C(C)(O1)[C@H]1C(=O)N(c3ccc(C#N)c(C(F)(F)F)c3)C(=O)[C@H]12.CC12C[C@@H](O)C(C)(O1)[C@H]1C(=O)N(c3ccc(C#N)c(C(F)(F)F)c3)C(=O)[C@H]12.[C-]#[N+]c1ccc(N2C(=O)[C@@H]3[C@H](C2=O)C2(C)C[C@H](O)C3(C)O2)cc1C(F)(F)F. The number of imide groups is 3. The molecule has 9 heterocycles. The van der Waals surface area contributed by atoms with E-state index in [1.807, 2.05) is 0 Å². The number of anilines is 3. The molecule has 9 aliphatic rings. The van der Waals surface area contributed by atoms with Crippen LogP contribution in [0.3, 0.4) is 0 Å². The number of nitrogens with zero attached hydrogens (tertiary/aromatic N) is 6. The Morgan fingerprint density at radius 3 is 1.21 bits per heavy atom. The van der Waals surface area contributed by atoms with Crippen molar-refractivity contribution in [2.24, 2.45) is 35.5 Å². The van der Waals surface area contributed by atoms with Crippen LogP contribution in [0.4, 0.5) is 62.3 Å². The molecule has 9 fully saturated rings. The van der Waals surface area contributed by atoms with E-state index < -0.39 is 175 Å². The summed E-state index contributed by atoms with van der Waals surface area (Å²) in [6.07, 6.45) is -16.3. The van der Waals surface area contributed by atoms with Crippen molar-refractivity contribution < 1.29 is 103 Å². The van der Waals surface area contributed by atoms with Crippen LogP contribution in [0.1, 0.15) is 88.6 Å². The number of ether oxygens (including phenoxy) is 3. The van der Waals surface area contributed by atoms with Crippen LogP contribution in [0, 0.1) is 64.7 Å². The van der Waals surface area contributed by atoms with Gasteiger partial charge in [0.2, 0.25) is 35.4 Å². The summed E-state index contributed by atoms with van der Waals surface area (Å²) >= 11 is 0. The molecule has 3 aromatic rings. The molecular formula is C54H45F9N6O13. The van der Waals surface area contributed by atoms with E-state index in [0.29, 0.717) is 23.1 Å². The lowest BCUT2D eigenvalue weighted by Crippen LogP contribution is -2.58. The number of halogens is 9. The standard InChI is InChI=1S/C18H15F3N2O5.2C18H15F3N2O4/c1-15-7-17(26,27)16(2,28-15)12-11(15)13(24)23(14(12)25)9-4-3-8(6-22)10(5-9)18(19,20)21;1-16-7-11(24)17(2,27-16)13-12(16)14(25)23(15(13)26)8-4-5-10(22-3)9(6-8)18(19,20)21;1-16-6-11(24)17(2,27-16)13-12(16)14(25)23(15(13)26)9-4-3-8(7-22)10(5-9)18(19,20)21/h3-5,11-12,26-27H,7H2,1-2H3;4-6,11-13,24H,7H2,1-2H3;3-5,11-13,24H,6H2,1-2H3/t11-,12+,15?,16?;2*11-,12+,13-,16?,17?/m001/s1. The van der Waals surface area contributed by atoms with Crippen LogP contribution in [0.5, 0.6) is 0 Å². The second-order valence-electron chi connectivity index (χ2n) is 23.0. The number of aliphatic hydroxyl groups is 4. The van der Waals surface area contributed by atoms with Gasteiger partial charge in [-0.25, -0.2) is 19.5 Å². The third kappa shape index (κ3) is 7.80. The molecule has 19 nitrogen and oxygen atoms in total. The summed E-state index contributed by atoms with van der Waals surface area (Å²) in [6.45, 7) is 16.0. The second kappa shape index (κ2) is 17.6. The van der Waals surface area contributed by atoms with Gasteiger partial charge in [0.1, 0.15) is 16.8 Å². The van der Waals surface area contributed by atoms with Gasteiger partial charge in [-0.05, 0) is 90.1 Å². The van der Waals surface area contributed by atoms with Gasteiger partial charge in [0, 0.05) is 24.9 Å². The van der Waals surface area contributed by atoms with Crippen molar-refractivity contribution >= 4 is 58.2 Å². The summed E-state index contributed by atoms with van der Waals surface area (Å²) in [5, 5.41) is 59.0. The summed E-state index contributed by atoms with van der Waals surface area (Å²) in [7, 11) is 0. The van der Waals surface area contributed by atoms with Crippen molar-refractivity contribution in [1.82, 2.24) is 0 Å². The van der Waals surface area contributed by atoms with E-state index >= 15 is 0 Å². The molecule has 432 valence electrons. The number of hydrogen-bond acceptors (Lipinski definition) is 15. The van der Waals surface area contributed by atoms with E-state index in [1.54, 1.807) is 27.7 Å². The van der Waals surface area contributed by atoms with Gasteiger partial charge in [-0.3, -0.25) is 28.8 Å². The number of rotatable bonds is 3. The summed E-state index contributed by atoms with van der Waals surface area (Å²) < 4.78 is 137. The fraction of sp³-hybridized carbons (Fsp3) is 0.500. The number of hydrogen-bond donors (Lipinski definition) is 4. The molecule has 82 heavy (non-hydrogen) atoms. The first-order valence-corrected chi connectivity index (χ1v) is 25.0. The minimum absolute atomic E-state index is 0.165. The quantitative estimate of drug-likeness (QED) is 0.102. The molecule has 12 rings (SSSR count). The molecule has 6 amide bonds. The van der Waals surface area contributed by atoms with Gasteiger partial charge in [0.15, 0.2) is 11.5 Å². The van der Waals surface area contributed by atoms with Crippen LogP contribution in [0.2, 0.25) is 0 Å². The molecule has 0 aliphatic carbocycles. The predicted octanol–water partition coefficient (Wildman–Crippen LogP) is 5.98. The largest absolute Gasteiger partial charge is 0.417 e. The molecule has 6 bridgehead atoms. The van der Waals surface area contributed by atoms with Gasteiger partial charge >= 0.3 is 18.5 Å². The topological polar surface area (TPSA) is 273 Å². The summed E-state index contributed by atoms with van der Waals surface area (Å²) in [6, 6.07) is 10.9. The van der Waals surface area contributed by atoms with Crippen LogP contribution >= 0.6 is 0 Å². The molecule has 3 aromatic carbocycles. The van der Waals surface area contributed by atoms with Crippen molar-refractivity contribution in [3.8, 4) is 12.1 Å². The number of alkyl halides is 9. The van der Waals surface area contributed by atoms with E-state index in [1.165, 1.54) is 26.0 Å². The Morgan fingerprint density at radius 1 is 0.524 bits per heavy atom. The smallest absolute Gasteiger partial charge is 0.390 e. The minimum Gasteiger partial charge on any atom is -0.390 e. The van der Waals surface area contributed by atoms with Crippen molar-refractivity contribution in [3.63, 3.8) is 0 Å². The molecule has 0 radical (unpaired) electrons. The van der Waals surface area contributed by atoms with Gasteiger partial charge in [-0.2, -0.15) is 50.0 Å². The second-order valence-corrected chi connectivity index (χ2v) is 23.0. The predicted molar refractivity (Wildman–Crippen MR) is 255 cm³/mol. The molecule has 14 atom stereocenters. The Bertz CT molecular complexity index is 3390. The van der Waals surface area contributed by atoms with Gasteiger partial charge in [0.25, 0.3) is 0 Å². The monoisotopic (exact) mass is 1160 g/mol. The van der Waals surface area contributed by atoms with Crippen LogP contribution in [0.25, 0.3) is 4.85 Å². The van der Waals surface area contributed by atoms with E-state index in [9.17, 15) is 88.7 Å². The van der Waals surface area contributed by atoms with Crippen molar-refractivity contribution in [1.29, 1.82) is 10.5 Å². The lowest BCUT2D eigenvalue weighted by atomic mass is 9.66. The Hall–Kier alpha value is -7.36. The zero-order chi connectivity index (χ0) is 60.7. The molecule has 9 saturated heterocycles. The Balaban J connectivity index is 0.000000138. The average molecular weight is 1160 g/mol. The van der Waals surface area contributed by atoms with Crippen LogP contribution in [-0.4, -0.2) is 107 Å². The fourth-order valence-electron chi connectivity index (χ4n) is 14.4. The number of benzene rings is 3. The highest BCUT2D eigenvalue weighted by atomic mass is 19.4. The van der Waals surface area contributed by atoms with E-state index in [4.69, 9.17) is 31.3 Å². The van der Waals surface area contributed by atoms with E-state index in [2.05, 4.69) is 4.85 Å². The molecule has 0 aromatic heterocycles. The first kappa shape index (κ1) is 57.9. The van der Waals surface area contributed by atoms with Crippen LogP contribution in [0.15, 0.2) is 54.6 Å². The lowest BCUT2D eigenvalue weighted by molar-refractivity contribution is -0.245. The summed E-state index contributed by atoms with van der Waals surface area (Å²) in [4.78, 5) is 82.7. The number of carbonyl (C=O) groups excluding carboxylic acids is 6. The molecule has 0 spiro atoms. The minimum atomic E-state index is -4.85. The third-order valence-electron chi connectivity index (χ3n) is 18.0. The summed E-state index contributed by atoms with van der Waals surface area (Å²) in [5.41, 5.74) is -14.1.